The van der Waals surface area contributed by atoms with Gasteiger partial charge in [0.05, 0.1) is 6.07 Å². The first-order chi connectivity index (χ1) is 7.20. The van der Waals surface area contributed by atoms with Crippen molar-refractivity contribution in [3.05, 3.63) is 0 Å². The Kier molecular flexibility index (Phi) is 5.07. The van der Waals surface area contributed by atoms with Crippen LogP contribution in [0.2, 0.25) is 0 Å². The molecule has 1 fully saturated rings. The van der Waals surface area contributed by atoms with Crippen LogP contribution in [0.25, 0.3) is 0 Å². The molecule has 1 heterocycles. The van der Waals surface area contributed by atoms with Gasteiger partial charge in [-0.2, -0.15) is 5.26 Å². The van der Waals surface area contributed by atoms with Crippen molar-refractivity contribution in [3.8, 4) is 6.07 Å². The molecule has 0 aromatic rings. The van der Waals surface area contributed by atoms with Crippen molar-refractivity contribution in [2.24, 2.45) is 5.73 Å². The third kappa shape index (κ3) is 4.19. The van der Waals surface area contributed by atoms with E-state index in [1.165, 1.54) is 32.4 Å². The molecule has 15 heavy (non-hydrogen) atoms. The minimum atomic E-state index is -0.588. The van der Waals surface area contributed by atoms with E-state index in [0.717, 1.165) is 25.8 Å². The lowest BCUT2D eigenvalue weighted by molar-refractivity contribution is 0.220. The molecule has 1 aliphatic heterocycles. The number of hydrogen-bond donors (Lipinski definition) is 1. The molecule has 1 rings (SSSR count). The first-order valence-corrected chi connectivity index (χ1v) is 6.13. The summed E-state index contributed by atoms with van der Waals surface area (Å²) >= 11 is 0. The highest BCUT2D eigenvalue weighted by Crippen LogP contribution is 2.15. The Morgan fingerprint density at radius 3 is 2.53 bits per heavy atom. The van der Waals surface area contributed by atoms with Crippen molar-refractivity contribution in [2.75, 3.05) is 19.6 Å². The number of likely N-dealkylation sites (tertiary alicyclic amines) is 1. The van der Waals surface area contributed by atoms with Gasteiger partial charge in [-0.15, -0.1) is 0 Å². The van der Waals surface area contributed by atoms with E-state index in [1.54, 1.807) is 0 Å². The Bertz CT molecular complexity index is 215. The second-order valence-electron chi connectivity index (χ2n) is 4.63. The topological polar surface area (TPSA) is 53.1 Å². The van der Waals surface area contributed by atoms with Crippen LogP contribution in [-0.2, 0) is 0 Å². The van der Waals surface area contributed by atoms with E-state index in [2.05, 4.69) is 11.0 Å². The summed E-state index contributed by atoms with van der Waals surface area (Å²) in [5, 5.41) is 8.93. The van der Waals surface area contributed by atoms with E-state index in [4.69, 9.17) is 11.0 Å². The highest BCUT2D eigenvalue weighted by molar-refractivity contribution is 5.03. The second kappa shape index (κ2) is 6.09. The lowest BCUT2D eigenvalue weighted by atomic mass is 9.93. The van der Waals surface area contributed by atoms with Gasteiger partial charge in [0.25, 0.3) is 0 Å². The minimum absolute atomic E-state index is 0.588. The predicted octanol–water partition coefficient (Wildman–Crippen LogP) is 1.88. The molecule has 1 aliphatic rings. The molecule has 86 valence electrons. The lowest BCUT2D eigenvalue weighted by Crippen LogP contribution is -2.38. The average molecular weight is 209 g/mol. The van der Waals surface area contributed by atoms with Gasteiger partial charge in [-0.1, -0.05) is 13.3 Å². The van der Waals surface area contributed by atoms with E-state index in [-0.39, 0.29) is 0 Å². The molecule has 0 aromatic heterocycles. The van der Waals surface area contributed by atoms with Crippen molar-refractivity contribution in [2.45, 2.75) is 51.0 Å². The average Bonchev–Trinajstić information content (AvgIpc) is 2.30. The zero-order chi connectivity index (χ0) is 11.1. The van der Waals surface area contributed by atoms with Crippen LogP contribution < -0.4 is 5.73 Å². The van der Waals surface area contributed by atoms with Crippen molar-refractivity contribution in [1.29, 1.82) is 5.26 Å². The second-order valence-corrected chi connectivity index (χ2v) is 4.63. The maximum atomic E-state index is 8.93. The maximum Gasteiger partial charge on any atom is 0.104 e. The fourth-order valence-corrected chi connectivity index (χ4v) is 2.11. The van der Waals surface area contributed by atoms with Gasteiger partial charge in [-0.3, -0.25) is 0 Å². The molecule has 0 saturated carbocycles. The lowest BCUT2D eigenvalue weighted by Gasteiger charge is -2.27. The molecule has 0 amide bonds. The van der Waals surface area contributed by atoms with E-state index >= 15 is 0 Å². The van der Waals surface area contributed by atoms with Crippen molar-refractivity contribution in [3.63, 3.8) is 0 Å². The summed E-state index contributed by atoms with van der Waals surface area (Å²) in [6.45, 7) is 5.57. The maximum absolute atomic E-state index is 8.93. The largest absolute Gasteiger partial charge is 0.313 e. The van der Waals surface area contributed by atoms with E-state index in [1.807, 2.05) is 6.92 Å². The first-order valence-electron chi connectivity index (χ1n) is 6.13. The van der Waals surface area contributed by atoms with Gasteiger partial charge in [-0.25, -0.2) is 0 Å². The minimum Gasteiger partial charge on any atom is -0.313 e. The first kappa shape index (κ1) is 12.5. The number of nitrogens with two attached hydrogens (primary N) is 1. The van der Waals surface area contributed by atoms with Crippen LogP contribution in [-0.4, -0.2) is 30.1 Å². The third-order valence-electron chi connectivity index (χ3n) is 3.40. The van der Waals surface area contributed by atoms with Crippen LogP contribution in [0.4, 0.5) is 0 Å². The van der Waals surface area contributed by atoms with E-state index in [9.17, 15) is 0 Å². The van der Waals surface area contributed by atoms with E-state index < -0.39 is 5.54 Å². The van der Waals surface area contributed by atoms with Crippen LogP contribution in [0.5, 0.6) is 0 Å². The van der Waals surface area contributed by atoms with Gasteiger partial charge < -0.3 is 10.6 Å². The summed E-state index contributed by atoms with van der Waals surface area (Å²) in [5.74, 6) is 0. The molecule has 0 spiro atoms. The van der Waals surface area contributed by atoms with Crippen LogP contribution in [0.3, 0.4) is 0 Å². The van der Waals surface area contributed by atoms with Crippen molar-refractivity contribution in [1.82, 2.24) is 4.90 Å². The fourth-order valence-electron chi connectivity index (χ4n) is 2.11. The smallest absolute Gasteiger partial charge is 0.104 e. The normalized spacial score (nSPS) is 21.9. The number of nitrogens with zero attached hydrogens (tertiary/aromatic N) is 2. The Morgan fingerprint density at radius 2 is 2.00 bits per heavy atom. The third-order valence-corrected chi connectivity index (χ3v) is 3.40. The molecule has 1 saturated heterocycles. The van der Waals surface area contributed by atoms with Crippen LogP contribution in [0.15, 0.2) is 0 Å². The summed E-state index contributed by atoms with van der Waals surface area (Å²) in [4.78, 5) is 2.50. The predicted molar refractivity (Wildman–Crippen MR) is 62.3 cm³/mol. The highest BCUT2D eigenvalue weighted by Gasteiger charge is 2.21. The zero-order valence-electron chi connectivity index (χ0n) is 9.84. The number of piperidine rings is 1. The molecule has 2 N–H and O–H groups in total. The molecule has 1 atom stereocenters. The van der Waals surface area contributed by atoms with Gasteiger partial charge in [0, 0.05) is 0 Å². The van der Waals surface area contributed by atoms with Crippen molar-refractivity contribution < 1.29 is 0 Å². The van der Waals surface area contributed by atoms with Crippen LogP contribution in [0, 0.1) is 11.3 Å². The van der Waals surface area contributed by atoms with Gasteiger partial charge in [0.2, 0.25) is 0 Å². The summed E-state index contributed by atoms with van der Waals surface area (Å²) in [6.07, 6.45) is 6.68. The summed E-state index contributed by atoms with van der Waals surface area (Å²) in [5.41, 5.74) is 5.35. The quantitative estimate of drug-likeness (QED) is 0.752. The van der Waals surface area contributed by atoms with E-state index in [0.29, 0.717) is 0 Å². The zero-order valence-corrected chi connectivity index (χ0v) is 9.84. The fraction of sp³-hybridized carbons (Fsp3) is 0.917. The molecule has 0 aromatic carbocycles. The summed E-state index contributed by atoms with van der Waals surface area (Å²) in [6, 6.07) is 2.23. The molecule has 0 bridgehead atoms. The standard InChI is InChI=1S/C12H23N3/c1-2-12(14,11-13)7-6-10-15-8-4-3-5-9-15/h2-10,14H2,1H3. The van der Waals surface area contributed by atoms with Gasteiger partial charge in [0.15, 0.2) is 0 Å². The number of nitriles is 1. The molecule has 0 radical (unpaired) electrons. The van der Waals surface area contributed by atoms with Crippen molar-refractivity contribution >= 4 is 0 Å². The van der Waals surface area contributed by atoms with Crippen LogP contribution >= 0.6 is 0 Å². The number of hydrogen-bond acceptors (Lipinski definition) is 3. The Morgan fingerprint density at radius 1 is 1.33 bits per heavy atom. The molecule has 3 nitrogen and oxygen atoms in total. The van der Waals surface area contributed by atoms with Gasteiger partial charge in [0.1, 0.15) is 5.54 Å². The molecule has 0 aliphatic carbocycles. The molecule has 3 heteroatoms. The monoisotopic (exact) mass is 209 g/mol. The SMILES string of the molecule is CCC(N)(C#N)CCCN1CCCCC1. The summed E-state index contributed by atoms with van der Waals surface area (Å²) < 4.78 is 0. The highest BCUT2D eigenvalue weighted by atomic mass is 15.1. The Labute approximate surface area is 93.2 Å². The van der Waals surface area contributed by atoms with Crippen LogP contribution in [0.1, 0.15) is 45.4 Å². The van der Waals surface area contributed by atoms with Gasteiger partial charge >= 0.3 is 0 Å². The Balaban J connectivity index is 2.17. The molecule has 1 unspecified atom stereocenters. The molecular formula is C12H23N3. The molecular weight excluding hydrogens is 186 g/mol. The number of rotatable bonds is 5. The van der Waals surface area contributed by atoms with Gasteiger partial charge in [-0.05, 0) is 51.7 Å². The summed E-state index contributed by atoms with van der Waals surface area (Å²) in [7, 11) is 0. The Hall–Kier alpha value is -0.590.